The first-order valence-electron chi connectivity index (χ1n) is 12.8. The van der Waals surface area contributed by atoms with E-state index in [1.165, 1.54) is 0 Å². The molecular weight excluding hydrogens is 497 g/mol. The quantitative estimate of drug-likeness (QED) is 0.525. The lowest BCUT2D eigenvalue weighted by Crippen LogP contribution is -2.52. The van der Waals surface area contributed by atoms with Crippen molar-refractivity contribution in [3.8, 4) is 0 Å². The number of likely N-dealkylation sites (tertiary alicyclic amines) is 1. The van der Waals surface area contributed by atoms with E-state index in [1.807, 2.05) is 30.1 Å². The maximum atomic E-state index is 14.3. The van der Waals surface area contributed by atoms with Crippen molar-refractivity contribution in [3.63, 3.8) is 0 Å². The Morgan fingerprint density at radius 1 is 1.16 bits per heavy atom. The van der Waals surface area contributed by atoms with Crippen molar-refractivity contribution >= 4 is 40.9 Å². The number of nitrogens with one attached hydrogen (secondary N) is 3. The molecule has 3 heterocycles. The van der Waals surface area contributed by atoms with Gasteiger partial charge in [-0.3, -0.25) is 9.59 Å². The van der Waals surface area contributed by atoms with Gasteiger partial charge in [0.25, 0.3) is 5.91 Å². The van der Waals surface area contributed by atoms with Crippen LogP contribution in [0.1, 0.15) is 48.0 Å². The normalized spacial score (nSPS) is 26.1. The van der Waals surface area contributed by atoms with Gasteiger partial charge in [0.05, 0.1) is 12.2 Å². The van der Waals surface area contributed by atoms with Crippen molar-refractivity contribution in [1.82, 2.24) is 25.1 Å². The summed E-state index contributed by atoms with van der Waals surface area (Å²) in [6.45, 7) is 1.73. The number of alkyl halides is 1. The average molecular weight is 530 g/mol. The Morgan fingerprint density at radius 3 is 2.70 bits per heavy atom. The molecule has 0 unspecified atom stereocenters. The number of halogens is 2. The van der Waals surface area contributed by atoms with E-state index in [9.17, 15) is 14.0 Å². The van der Waals surface area contributed by atoms with E-state index in [-0.39, 0.29) is 23.8 Å². The third-order valence-corrected chi connectivity index (χ3v) is 7.88. The SMILES string of the molecule is CN1CC[C@@H](NC(=O)[C@H]2CC[C@H](Nc3nc(Nc4ccc5c(c4)CN(C)C5=O)ncc3Cl)CC2)[C@@H](F)C1. The van der Waals surface area contributed by atoms with Crippen molar-refractivity contribution in [1.29, 1.82) is 0 Å². The van der Waals surface area contributed by atoms with Crippen LogP contribution in [-0.4, -0.2) is 77.0 Å². The first kappa shape index (κ1) is 25.7. The molecule has 3 N–H and O–H groups in total. The number of rotatable bonds is 6. The molecule has 2 fully saturated rings. The summed E-state index contributed by atoms with van der Waals surface area (Å²) >= 11 is 6.38. The molecule has 1 aromatic carbocycles. The zero-order valence-electron chi connectivity index (χ0n) is 21.1. The van der Waals surface area contributed by atoms with Crippen molar-refractivity contribution in [3.05, 3.63) is 40.5 Å². The summed E-state index contributed by atoms with van der Waals surface area (Å²) in [5.41, 5.74) is 2.47. The molecule has 0 spiro atoms. The molecule has 1 aliphatic carbocycles. The average Bonchev–Trinajstić information content (AvgIpc) is 3.16. The number of piperidine rings is 1. The van der Waals surface area contributed by atoms with Crippen molar-refractivity contribution < 1.29 is 14.0 Å². The zero-order chi connectivity index (χ0) is 26.1. The minimum Gasteiger partial charge on any atom is -0.366 e. The van der Waals surface area contributed by atoms with Crippen LogP contribution in [-0.2, 0) is 11.3 Å². The molecule has 198 valence electrons. The van der Waals surface area contributed by atoms with Crippen LogP contribution >= 0.6 is 11.6 Å². The van der Waals surface area contributed by atoms with Crippen LogP contribution in [0.3, 0.4) is 0 Å². The molecule has 1 saturated heterocycles. The molecular formula is C26H33ClFN7O2. The summed E-state index contributed by atoms with van der Waals surface area (Å²) < 4.78 is 14.3. The van der Waals surface area contributed by atoms with Gasteiger partial charge in [-0.15, -0.1) is 0 Å². The molecule has 2 amide bonds. The molecule has 9 nitrogen and oxygen atoms in total. The Labute approximate surface area is 221 Å². The zero-order valence-corrected chi connectivity index (χ0v) is 21.9. The van der Waals surface area contributed by atoms with Gasteiger partial charge in [-0.2, -0.15) is 4.98 Å². The van der Waals surface area contributed by atoms with Crippen LogP contribution in [0.2, 0.25) is 5.02 Å². The van der Waals surface area contributed by atoms with Gasteiger partial charge in [-0.1, -0.05) is 11.6 Å². The van der Waals surface area contributed by atoms with Gasteiger partial charge < -0.3 is 25.8 Å². The first-order valence-corrected chi connectivity index (χ1v) is 13.2. The smallest absolute Gasteiger partial charge is 0.254 e. The Morgan fingerprint density at radius 2 is 1.95 bits per heavy atom. The lowest BCUT2D eigenvalue weighted by atomic mass is 9.85. The largest absolute Gasteiger partial charge is 0.366 e. The highest BCUT2D eigenvalue weighted by molar-refractivity contribution is 6.32. The van der Waals surface area contributed by atoms with Gasteiger partial charge in [-0.05, 0) is 62.9 Å². The van der Waals surface area contributed by atoms with E-state index in [0.717, 1.165) is 43.5 Å². The minimum atomic E-state index is -1.02. The number of carbonyl (C=O) groups is 2. The second-order valence-electron chi connectivity index (χ2n) is 10.4. The first-order chi connectivity index (χ1) is 17.8. The van der Waals surface area contributed by atoms with Crippen molar-refractivity contribution in [2.75, 3.05) is 37.8 Å². The predicted molar refractivity (Wildman–Crippen MR) is 141 cm³/mol. The van der Waals surface area contributed by atoms with Crippen LogP contribution in [0.25, 0.3) is 0 Å². The number of benzene rings is 1. The fourth-order valence-corrected chi connectivity index (χ4v) is 5.56. The van der Waals surface area contributed by atoms with Crippen LogP contribution in [0.4, 0.5) is 21.8 Å². The minimum absolute atomic E-state index is 0.0245. The van der Waals surface area contributed by atoms with Gasteiger partial charge >= 0.3 is 0 Å². The molecule has 1 saturated carbocycles. The van der Waals surface area contributed by atoms with Crippen LogP contribution in [0, 0.1) is 5.92 Å². The number of anilines is 3. The topological polar surface area (TPSA) is 102 Å². The third kappa shape index (κ3) is 5.80. The number of aromatic nitrogens is 2. The monoisotopic (exact) mass is 529 g/mol. The van der Waals surface area contributed by atoms with Crippen LogP contribution in [0.5, 0.6) is 0 Å². The van der Waals surface area contributed by atoms with E-state index in [2.05, 4.69) is 25.9 Å². The summed E-state index contributed by atoms with van der Waals surface area (Å²) in [4.78, 5) is 37.4. The number of nitrogens with zero attached hydrogens (tertiary/aromatic N) is 4. The summed E-state index contributed by atoms with van der Waals surface area (Å²) in [5, 5.41) is 9.98. The molecule has 2 atom stereocenters. The highest BCUT2D eigenvalue weighted by Gasteiger charge is 2.33. The Kier molecular flexibility index (Phi) is 7.48. The van der Waals surface area contributed by atoms with E-state index in [4.69, 9.17) is 11.6 Å². The second-order valence-corrected chi connectivity index (χ2v) is 10.8. The van der Waals surface area contributed by atoms with Gasteiger partial charge in [-0.25, -0.2) is 9.37 Å². The maximum absolute atomic E-state index is 14.3. The summed E-state index contributed by atoms with van der Waals surface area (Å²) in [5.74, 6) is 0.820. The molecule has 11 heteroatoms. The number of carbonyl (C=O) groups excluding carboxylic acids is 2. The van der Waals surface area contributed by atoms with Crippen molar-refractivity contribution in [2.24, 2.45) is 5.92 Å². The van der Waals surface area contributed by atoms with Gasteiger partial charge in [0.1, 0.15) is 11.2 Å². The van der Waals surface area contributed by atoms with E-state index in [0.29, 0.717) is 41.9 Å². The van der Waals surface area contributed by atoms with Crippen LogP contribution < -0.4 is 16.0 Å². The lowest BCUT2D eigenvalue weighted by Gasteiger charge is -2.34. The van der Waals surface area contributed by atoms with E-state index < -0.39 is 12.2 Å². The van der Waals surface area contributed by atoms with Crippen LogP contribution in [0.15, 0.2) is 24.4 Å². The molecule has 0 radical (unpaired) electrons. The third-order valence-electron chi connectivity index (χ3n) is 7.60. The van der Waals surface area contributed by atoms with Crippen molar-refractivity contribution in [2.45, 2.75) is 56.9 Å². The molecule has 37 heavy (non-hydrogen) atoms. The highest BCUT2D eigenvalue weighted by atomic mass is 35.5. The number of fused-ring (bicyclic) bond motifs is 1. The second kappa shape index (κ2) is 10.8. The van der Waals surface area contributed by atoms with E-state index >= 15 is 0 Å². The fourth-order valence-electron chi connectivity index (χ4n) is 5.41. The molecule has 5 rings (SSSR count). The predicted octanol–water partition coefficient (Wildman–Crippen LogP) is 3.59. The van der Waals surface area contributed by atoms with Gasteiger partial charge in [0.2, 0.25) is 11.9 Å². The van der Waals surface area contributed by atoms with E-state index in [1.54, 1.807) is 18.1 Å². The highest BCUT2D eigenvalue weighted by Crippen LogP contribution is 2.30. The van der Waals surface area contributed by atoms with Gasteiger partial charge in [0, 0.05) is 49.9 Å². The molecule has 1 aromatic heterocycles. The summed E-state index contributed by atoms with van der Waals surface area (Å²) in [6, 6.07) is 5.32. The standard InChI is InChI=1S/C26H33ClFN7O2/c1-34-10-9-22(21(28)14-34)32-24(36)15-3-5-17(6-4-15)30-23-20(27)12-29-26(33-23)31-18-7-8-19-16(11-18)13-35(2)25(19)37/h7-8,11-12,15,17,21-22H,3-6,9-10,13-14H2,1-2H3,(H,32,36)(H2,29,30,31,33)/t15-,17-,21-,22+/m0/s1. The number of hydrogen-bond donors (Lipinski definition) is 3. The lowest BCUT2D eigenvalue weighted by molar-refractivity contribution is -0.127. The Hall–Kier alpha value is -2.98. The molecule has 2 aromatic rings. The maximum Gasteiger partial charge on any atom is 0.254 e. The molecule has 0 bridgehead atoms. The Bertz CT molecular complexity index is 1170. The Balaban J connectivity index is 1.15. The molecule has 3 aliphatic rings. The van der Waals surface area contributed by atoms with Gasteiger partial charge in [0.15, 0.2) is 5.82 Å². The summed E-state index contributed by atoms with van der Waals surface area (Å²) in [6.07, 6.45) is 4.21. The number of amides is 2. The molecule has 2 aliphatic heterocycles. The number of hydrogen-bond acceptors (Lipinski definition) is 7. The fraction of sp³-hybridized carbons (Fsp3) is 0.538. The summed E-state index contributed by atoms with van der Waals surface area (Å²) in [7, 11) is 3.68.